The van der Waals surface area contributed by atoms with Gasteiger partial charge in [0.05, 0.1) is 19.2 Å². The van der Waals surface area contributed by atoms with Crippen molar-refractivity contribution in [2.75, 3.05) is 33.9 Å². The van der Waals surface area contributed by atoms with Crippen LogP contribution in [-0.4, -0.2) is 50.7 Å². The second kappa shape index (κ2) is 8.71. The van der Waals surface area contributed by atoms with Crippen molar-refractivity contribution < 1.29 is 13.9 Å². The van der Waals surface area contributed by atoms with E-state index in [-0.39, 0.29) is 30.4 Å². The van der Waals surface area contributed by atoms with Crippen LogP contribution in [0.25, 0.3) is 0 Å². The molecule has 0 aliphatic heterocycles. The first kappa shape index (κ1) is 17.6. The Morgan fingerprint density at radius 3 is 2.71 bits per heavy atom. The number of amides is 1. The van der Waals surface area contributed by atoms with Crippen LogP contribution in [0.5, 0.6) is 0 Å². The number of carbonyl (C=O) groups excluding carboxylic acids is 1. The number of benzene rings is 1. The van der Waals surface area contributed by atoms with Crippen LogP contribution in [0.1, 0.15) is 18.5 Å². The lowest BCUT2D eigenvalue weighted by atomic mass is 9.99. The number of carbonyl (C=O) groups is 1. The minimum atomic E-state index is -0.362. The van der Waals surface area contributed by atoms with Crippen molar-refractivity contribution in [1.82, 2.24) is 10.2 Å². The third kappa shape index (κ3) is 5.41. The zero-order chi connectivity index (χ0) is 15.8. The quantitative estimate of drug-likeness (QED) is 0.700. The Morgan fingerprint density at radius 2 is 2.14 bits per heavy atom. The zero-order valence-corrected chi connectivity index (χ0v) is 12.8. The molecule has 1 rings (SSSR count). The lowest BCUT2D eigenvalue weighted by molar-refractivity contribution is -0.122. The van der Waals surface area contributed by atoms with Crippen molar-refractivity contribution in [1.29, 1.82) is 0 Å². The standard InChI is InChI=1S/C15H24FN3O2/c1-11(17)15(12-6-4-5-7-13(12)16)19(2)10-14(20)18-8-9-21-3/h4-7,11,15H,8-10,17H2,1-3H3,(H,18,20). The van der Waals surface area contributed by atoms with Gasteiger partial charge in [0.1, 0.15) is 5.82 Å². The van der Waals surface area contributed by atoms with Crippen molar-refractivity contribution in [3.8, 4) is 0 Å². The highest BCUT2D eigenvalue weighted by Crippen LogP contribution is 2.24. The van der Waals surface area contributed by atoms with Gasteiger partial charge in [-0.1, -0.05) is 18.2 Å². The normalized spacial score (nSPS) is 14.0. The summed E-state index contributed by atoms with van der Waals surface area (Å²) in [4.78, 5) is 13.6. The van der Waals surface area contributed by atoms with E-state index >= 15 is 0 Å². The van der Waals surface area contributed by atoms with Crippen LogP contribution in [0.15, 0.2) is 24.3 Å². The largest absolute Gasteiger partial charge is 0.383 e. The van der Waals surface area contributed by atoms with E-state index in [9.17, 15) is 9.18 Å². The molecule has 0 aliphatic rings. The van der Waals surface area contributed by atoms with E-state index in [1.54, 1.807) is 44.2 Å². The molecule has 2 unspecified atom stereocenters. The van der Waals surface area contributed by atoms with Crippen LogP contribution in [0.2, 0.25) is 0 Å². The topological polar surface area (TPSA) is 67.6 Å². The molecule has 0 aromatic heterocycles. The Bertz CT molecular complexity index is 454. The van der Waals surface area contributed by atoms with Crippen LogP contribution < -0.4 is 11.1 Å². The molecule has 0 fully saturated rings. The smallest absolute Gasteiger partial charge is 0.234 e. The van der Waals surface area contributed by atoms with Crippen LogP contribution in [0, 0.1) is 5.82 Å². The molecule has 0 saturated carbocycles. The number of rotatable bonds is 8. The van der Waals surface area contributed by atoms with Gasteiger partial charge in [0, 0.05) is 25.3 Å². The molecule has 1 aromatic rings. The number of halogens is 1. The first-order valence-corrected chi connectivity index (χ1v) is 6.93. The zero-order valence-electron chi connectivity index (χ0n) is 12.8. The fourth-order valence-electron chi connectivity index (χ4n) is 2.31. The molecular formula is C15H24FN3O2. The summed E-state index contributed by atoms with van der Waals surface area (Å²) in [6.07, 6.45) is 0. The SMILES string of the molecule is COCCNC(=O)CN(C)C(c1ccccc1F)C(C)N. The summed E-state index contributed by atoms with van der Waals surface area (Å²) in [6, 6.07) is 5.83. The van der Waals surface area contributed by atoms with E-state index in [1.165, 1.54) is 6.07 Å². The van der Waals surface area contributed by atoms with Crippen molar-refractivity contribution in [3.05, 3.63) is 35.6 Å². The van der Waals surface area contributed by atoms with E-state index in [4.69, 9.17) is 10.5 Å². The first-order valence-electron chi connectivity index (χ1n) is 6.93. The summed E-state index contributed by atoms with van der Waals surface area (Å²) < 4.78 is 18.8. The minimum absolute atomic E-state index is 0.142. The maximum absolute atomic E-state index is 13.9. The molecule has 3 N–H and O–H groups in total. The molecule has 0 heterocycles. The lowest BCUT2D eigenvalue weighted by Gasteiger charge is -2.31. The van der Waals surface area contributed by atoms with Gasteiger partial charge in [0.25, 0.3) is 0 Å². The van der Waals surface area contributed by atoms with Crippen LogP contribution >= 0.6 is 0 Å². The summed E-state index contributed by atoms with van der Waals surface area (Å²) in [5.41, 5.74) is 6.48. The minimum Gasteiger partial charge on any atom is -0.383 e. The maximum atomic E-state index is 13.9. The Balaban J connectivity index is 2.73. The van der Waals surface area contributed by atoms with E-state index in [0.29, 0.717) is 18.7 Å². The Kier molecular flexibility index (Phi) is 7.28. The summed E-state index contributed by atoms with van der Waals surface area (Å²) in [6.45, 7) is 2.85. The number of nitrogens with two attached hydrogens (primary N) is 1. The molecule has 118 valence electrons. The van der Waals surface area contributed by atoms with Crippen molar-refractivity contribution in [2.45, 2.75) is 19.0 Å². The molecule has 0 bridgehead atoms. The first-order chi connectivity index (χ1) is 9.97. The molecular weight excluding hydrogens is 273 g/mol. The molecule has 0 radical (unpaired) electrons. The molecule has 21 heavy (non-hydrogen) atoms. The van der Waals surface area contributed by atoms with Gasteiger partial charge in [-0.25, -0.2) is 4.39 Å². The number of nitrogens with one attached hydrogen (secondary N) is 1. The lowest BCUT2D eigenvalue weighted by Crippen LogP contribution is -2.43. The number of hydrogen-bond donors (Lipinski definition) is 2. The Labute approximate surface area is 125 Å². The number of ether oxygens (including phenoxy) is 1. The van der Waals surface area contributed by atoms with Gasteiger partial charge in [0.2, 0.25) is 5.91 Å². The molecule has 1 amide bonds. The molecule has 6 heteroatoms. The van der Waals surface area contributed by atoms with Gasteiger partial charge in [-0.2, -0.15) is 0 Å². The molecule has 1 aromatic carbocycles. The molecule has 5 nitrogen and oxygen atoms in total. The number of likely N-dealkylation sites (N-methyl/N-ethyl adjacent to an activating group) is 1. The highest BCUT2D eigenvalue weighted by atomic mass is 19.1. The maximum Gasteiger partial charge on any atom is 0.234 e. The fourth-order valence-corrected chi connectivity index (χ4v) is 2.31. The summed E-state index contributed by atoms with van der Waals surface area (Å²) in [7, 11) is 3.33. The van der Waals surface area contributed by atoms with Gasteiger partial charge in [-0.3, -0.25) is 9.69 Å². The van der Waals surface area contributed by atoms with Gasteiger partial charge in [0.15, 0.2) is 0 Å². The molecule has 0 saturated heterocycles. The monoisotopic (exact) mass is 297 g/mol. The average Bonchev–Trinajstić information content (AvgIpc) is 2.41. The van der Waals surface area contributed by atoms with Crippen LogP contribution in [0.4, 0.5) is 4.39 Å². The Morgan fingerprint density at radius 1 is 1.48 bits per heavy atom. The Hall–Kier alpha value is -1.50. The van der Waals surface area contributed by atoms with Gasteiger partial charge in [-0.05, 0) is 20.0 Å². The molecule has 2 atom stereocenters. The third-order valence-corrected chi connectivity index (χ3v) is 3.22. The van der Waals surface area contributed by atoms with Crippen LogP contribution in [-0.2, 0) is 9.53 Å². The van der Waals surface area contributed by atoms with Crippen molar-refractivity contribution >= 4 is 5.91 Å². The number of hydrogen-bond acceptors (Lipinski definition) is 4. The number of nitrogens with zero attached hydrogens (tertiary/aromatic N) is 1. The van der Waals surface area contributed by atoms with Gasteiger partial charge >= 0.3 is 0 Å². The summed E-state index contributed by atoms with van der Waals surface area (Å²) >= 11 is 0. The second-order valence-corrected chi connectivity index (χ2v) is 5.08. The third-order valence-electron chi connectivity index (χ3n) is 3.22. The van der Waals surface area contributed by atoms with Crippen molar-refractivity contribution in [3.63, 3.8) is 0 Å². The predicted molar refractivity (Wildman–Crippen MR) is 80.3 cm³/mol. The summed E-state index contributed by atoms with van der Waals surface area (Å²) in [5, 5.41) is 2.73. The van der Waals surface area contributed by atoms with E-state index in [2.05, 4.69) is 5.32 Å². The fraction of sp³-hybridized carbons (Fsp3) is 0.533. The van der Waals surface area contributed by atoms with E-state index in [0.717, 1.165) is 0 Å². The average molecular weight is 297 g/mol. The second-order valence-electron chi connectivity index (χ2n) is 5.08. The van der Waals surface area contributed by atoms with Crippen LogP contribution in [0.3, 0.4) is 0 Å². The van der Waals surface area contributed by atoms with Gasteiger partial charge in [-0.15, -0.1) is 0 Å². The van der Waals surface area contributed by atoms with Crippen molar-refractivity contribution in [2.24, 2.45) is 5.73 Å². The predicted octanol–water partition coefficient (Wildman–Crippen LogP) is 0.908. The molecule has 0 spiro atoms. The molecule has 0 aliphatic carbocycles. The highest BCUT2D eigenvalue weighted by molar-refractivity contribution is 5.78. The van der Waals surface area contributed by atoms with E-state index < -0.39 is 0 Å². The van der Waals surface area contributed by atoms with E-state index in [1.807, 2.05) is 0 Å². The summed E-state index contributed by atoms with van der Waals surface area (Å²) in [5.74, 6) is -0.456. The number of methoxy groups -OCH3 is 1. The van der Waals surface area contributed by atoms with Gasteiger partial charge < -0.3 is 15.8 Å². The highest BCUT2D eigenvalue weighted by Gasteiger charge is 2.25.